The quantitative estimate of drug-likeness (QED) is 0.769. The topological polar surface area (TPSA) is 52.9 Å². The third-order valence-electron chi connectivity index (χ3n) is 2.58. The lowest BCUT2D eigenvalue weighted by atomic mass is 9.76. The fraction of sp³-hybridized carbons (Fsp3) is 0.667. The van der Waals surface area contributed by atoms with Gasteiger partial charge in [-0.05, 0) is 18.3 Å². The van der Waals surface area contributed by atoms with Crippen molar-refractivity contribution in [1.29, 1.82) is 5.26 Å². The van der Waals surface area contributed by atoms with Crippen molar-refractivity contribution in [1.82, 2.24) is 5.32 Å². The molecular weight excluding hydrogens is 188 g/mol. The zero-order chi connectivity index (χ0) is 11.5. The molecule has 0 atom stereocenters. The Balaban J connectivity index is 2.93. The first-order valence-electron chi connectivity index (χ1n) is 5.40. The highest BCUT2D eigenvalue weighted by atomic mass is 16.1. The maximum absolute atomic E-state index is 11.7. The van der Waals surface area contributed by atoms with Crippen LogP contribution >= 0.6 is 0 Å². The van der Waals surface area contributed by atoms with E-state index in [0.717, 1.165) is 25.1 Å². The van der Waals surface area contributed by atoms with E-state index < -0.39 is 0 Å². The molecule has 0 unspecified atom stereocenters. The Morgan fingerprint density at radius 1 is 1.47 bits per heavy atom. The number of Topliss-reactive ketones (excluding diaryl/α,β-unsaturated/α-hetero) is 1. The van der Waals surface area contributed by atoms with Crippen LogP contribution in [0.5, 0.6) is 0 Å². The second-order valence-electron chi connectivity index (χ2n) is 4.83. The van der Waals surface area contributed by atoms with Gasteiger partial charge in [-0.2, -0.15) is 5.26 Å². The first kappa shape index (κ1) is 11.8. The Bertz CT molecular complexity index is 334. The Morgan fingerprint density at radius 2 is 2.13 bits per heavy atom. The average molecular weight is 206 g/mol. The summed E-state index contributed by atoms with van der Waals surface area (Å²) in [6, 6.07) is 2.02. The van der Waals surface area contributed by atoms with Crippen LogP contribution < -0.4 is 5.32 Å². The number of allylic oxidation sites excluding steroid dienone is 2. The lowest BCUT2D eigenvalue weighted by Gasteiger charge is -2.30. The molecule has 0 fully saturated rings. The number of carbonyl (C=O) groups is 1. The SMILES string of the molecule is CCCNC1=C(C#N)C(=O)CC(C)(C)C1. The first-order chi connectivity index (χ1) is 7.00. The molecule has 0 radical (unpaired) electrons. The van der Waals surface area contributed by atoms with Crippen molar-refractivity contribution in [3.05, 3.63) is 11.3 Å². The summed E-state index contributed by atoms with van der Waals surface area (Å²) < 4.78 is 0. The Labute approximate surface area is 91.2 Å². The predicted molar refractivity (Wildman–Crippen MR) is 59.0 cm³/mol. The number of rotatable bonds is 3. The number of ketones is 1. The van der Waals surface area contributed by atoms with Gasteiger partial charge in [0.1, 0.15) is 11.6 Å². The number of nitrogens with zero attached hydrogens (tertiary/aromatic N) is 1. The van der Waals surface area contributed by atoms with E-state index in [-0.39, 0.29) is 11.2 Å². The molecule has 3 heteroatoms. The highest BCUT2D eigenvalue weighted by molar-refractivity contribution is 6.01. The molecule has 1 N–H and O–H groups in total. The molecule has 0 aromatic heterocycles. The van der Waals surface area contributed by atoms with E-state index in [9.17, 15) is 4.79 Å². The van der Waals surface area contributed by atoms with Crippen LogP contribution in [0.2, 0.25) is 0 Å². The summed E-state index contributed by atoms with van der Waals surface area (Å²) in [4.78, 5) is 11.7. The minimum Gasteiger partial charge on any atom is -0.387 e. The zero-order valence-electron chi connectivity index (χ0n) is 9.68. The molecule has 1 aliphatic carbocycles. The standard InChI is InChI=1S/C12H18N2O/c1-4-5-14-10-6-12(2,3)7-11(15)9(10)8-13/h14H,4-7H2,1-3H3. The summed E-state index contributed by atoms with van der Waals surface area (Å²) in [5.41, 5.74) is 1.15. The molecule has 0 aliphatic heterocycles. The average Bonchev–Trinajstić information content (AvgIpc) is 2.12. The number of hydrogen-bond donors (Lipinski definition) is 1. The molecule has 0 spiro atoms. The Kier molecular flexibility index (Phi) is 3.52. The third kappa shape index (κ3) is 2.82. The molecule has 0 aromatic rings. The van der Waals surface area contributed by atoms with Gasteiger partial charge < -0.3 is 5.32 Å². The molecule has 1 aliphatic rings. The van der Waals surface area contributed by atoms with E-state index in [1.807, 2.05) is 6.07 Å². The molecule has 1 rings (SSSR count). The molecule has 0 amide bonds. The number of hydrogen-bond acceptors (Lipinski definition) is 3. The largest absolute Gasteiger partial charge is 0.387 e. The second-order valence-corrected chi connectivity index (χ2v) is 4.83. The first-order valence-corrected chi connectivity index (χ1v) is 5.40. The molecule has 82 valence electrons. The highest BCUT2D eigenvalue weighted by Crippen LogP contribution is 2.35. The summed E-state index contributed by atoms with van der Waals surface area (Å²) in [6.07, 6.45) is 2.27. The van der Waals surface area contributed by atoms with Crippen molar-refractivity contribution in [2.75, 3.05) is 6.54 Å². The minimum absolute atomic E-state index is 0.0203. The molecule has 0 saturated carbocycles. The van der Waals surface area contributed by atoms with Crippen LogP contribution in [0.4, 0.5) is 0 Å². The molecule has 3 nitrogen and oxygen atoms in total. The fourth-order valence-electron chi connectivity index (χ4n) is 1.88. The van der Waals surface area contributed by atoms with Crippen LogP contribution in [0, 0.1) is 16.7 Å². The zero-order valence-corrected chi connectivity index (χ0v) is 9.68. The second kappa shape index (κ2) is 4.48. The Morgan fingerprint density at radius 3 is 2.67 bits per heavy atom. The van der Waals surface area contributed by atoms with Crippen molar-refractivity contribution >= 4 is 5.78 Å². The minimum atomic E-state index is -0.0210. The van der Waals surface area contributed by atoms with E-state index >= 15 is 0 Å². The van der Waals surface area contributed by atoms with Gasteiger partial charge in [0, 0.05) is 18.7 Å². The van der Waals surface area contributed by atoms with Crippen LogP contribution in [0.15, 0.2) is 11.3 Å². The van der Waals surface area contributed by atoms with Crippen LogP contribution in [0.3, 0.4) is 0 Å². The van der Waals surface area contributed by atoms with Gasteiger partial charge in [-0.25, -0.2) is 0 Å². The van der Waals surface area contributed by atoms with Crippen molar-refractivity contribution < 1.29 is 4.79 Å². The molecule has 0 saturated heterocycles. The summed E-state index contributed by atoms with van der Waals surface area (Å²) in [5.74, 6) is -0.0210. The van der Waals surface area contributed by atoms with E-state index in [1.54, 1.807) is 0 Å². The van der Waals surface area contributed by atoms with Gasteiger partial charge in [-0.1, -0.05) is 20.8 Å². The van der Waals surface area contributed by atoms with Gasteiger partial charge in [-0.3, -0.25) is 4.79 Å². The van der Waals surface area contributed by atoms with Crippen molar-refractivity contribution in [2.24, 2.45) is 5.41 Å². The van der Waals surface area contributed by atoms with Gasteiger partial charge in [0.2, 0.25) is 0 Å². The van der Waals surface area contributed by atoms with E-state index in [2.05, 4.69) is 26.1 Å². The molecular formula is C12H18N2O. The van der Waals surface area contributed by atoms with Gasteiger partial charge >= 0.3 is 0 Å². The number of carbonyl (C=O) groups excluding carboxylic acids is 1. The smallest absolute Gasteiger partial charge is 0.175 e. The Hall–Kier alpha value is -1.30. The van der Waals surface area contributed by atoms with Crippen LogP contribution in [-0.2, 0) is 4.79 Å². The highest BCUT2D eigenvalue weighted by Gasteiger charge is 2.32. The van der Waals surface area contributed by atoms with Crippen molar-refractivity contribution in [3.63, 3.8) is 0 Å². The summed E-state index contributed by atoms with van der Waals surface area (Å²) in [6.45, 7) is 7.01. The predicted octanol–water partition coefficient (Wildman–Crippen LogP) is 2.15. The monoisotopic (exact) mass is 206 g/mol. The normalized spacial score (nSPS) is 20.0. The lowest BCUT2D eigenvalue weighted by Crippen LogP contribution is -2.31. The van der Waals surface area contributed by atoms with Gasteiger partial charge in [0.05, 0.1) is 0 Å². The summed E-state index contributed by atoms with van der Waals surface area (Å²) in [5, 5.41) is 12.1. The number of nitrogens with one attached hydrogen (secondary N) is 1. The van der Waals surface area contributed by atoms with Gasteiger partial charge in [0.15, 0.2) is 5.78 Å². The molecule has 0 heterocycles. The van der Waals surface area contributed by atoms with Crippen LogP contribution in [-0.4, -0.2) is 12.3 Å². The summed E-state index contributed by atoms with van der Waals surface area (Å²) >= 11 is 0. The fourth-order valence-corrected chi connectivity index (χ4v) is 1.88. The van der Waals surface area contributed by atoms with E-state index in [0.29, 0.717) is 12.0 Å². The van der Waals surface area contributed by atoms with Crippen molar-refractivity contribution in [2.45, 2.75) is 40.0 Å². The summed E-state index contributed by atoms with van der Waals surface area (Å²) in [7, 11) is 0. The maximum atomic E-state index is 11.7. The van der Waals surface area contributed by atoms with Crippen molar-refractivity contribution in [3.8, 4) is 6.07 Å². The molecule has 15 heavy (non-hydrogen) atoms. The molecule has 0 aromatic carbocycles. The third-order valence-corrected chi connectivity index (χ3v) is 2.58. The van der Waals surface area contributed by atoms with Gasteiger partial charge in [-0.15, -0.1) is 0 Å². The lowest BCUT2D eigenvalue weighted by molar-refractivity contribution is -0.117. The molecule has 0 bridgehead atoms. The van der Waals surface area contributed by atoms with E-state index in [1.165, 1.54) is 0 Å². The van der Waals surface area contributed by atoms with Gasteiger partial charge in [0.25, 0.3) is 0 Å². The van der Waals surface area contributed by atoms with E-state index in [4.69, 9.17) is 5.26 Å². The maximum Gasteiger partial charge on any atom is 0.175 e. The van der Waals surface area contributed by atoms with Crippen LogP contribution in [0.1, 0.15) is 40.0 Å². The number of nitriles is 1. The van der Waals surface area contributed by atoms with Crippen LogP contribution in [0.25, 0.3) is 0 Å².